The second kappa shape index (κ2) is 7.53. The molecule has 2 aliphatic rings. The van der Waals surface area contributed by atoms with E-state index in [4.69, 9.17) is 10.7 Å². The van der Waals surface area contributed by atoms with Gasteiger partial charge in [-0.25, -0.2) is 4.99 Å². The average molecular weight is 361 g/mol. The topological polar surface area (TPSA) is 69.8 Å². The molecule has 1 aromatic carbocycles. The summed E-state index contributed by atoms with van der Waals surface area (Å²) in [6, 6.07) is 10.4. The fraction of sp³-hybridized carbons (Fsp3) is 0.364. The summed E-state index contributed by atoms with van der Waals surface area (Å²) in [5, 5.41) is 1.18. The van der Waals surface area contributed by atoms with Gasteiger partial charge < -0.3 is 15.6 Å². The molecular weight excluding hydrogens is 334 g/mol. The number of aromatic amines is 1. The van der Waals surface area contributed by atoms with Crippen LogP contribution < -0.4 is 5.73 Å². The van der Waals surface area contributed by atoms with Crippen LogP contribution in [-0.2, 0) is 0 Å². The number of nitrogens with zero attached hydrogens (tertiary/aromatic N) is 3. The van der Waals surface area contributed by atoms with Gasteiger partial charge in [-0.3, -0.25) is 4.99 Å². The number of aromatic nitrogens is 1. The average Bonchev–Trinajstić information content (AvgIpc) is 3.12. The highest BCUT2D eigenvalue weighted by atomic mass is 15.1. The largest absolute Gasteiger partial charge is 0.383 e. The third-order valence-corrected chi connectivity index (χ3v) is 5.62. The summed E-state index contributed by atoms with van der Waals surface area (Å²) in [5.74, 6) is 1.03. The number of nitrogens with one attached hydrogen (secondary N) is 1. The molecule has 140 valence electrons. The molecule has 0 bridgehead atoms. The van der Waals surface area contributed by atoms with Gasteiger partial charge in [0.15, 0.2) is 0 Å². The maximum absolute atomic E-state index is 6.23. The Labute approximate surface area is 160 Å². The first-order valence-electron chi connectivity index (χ1n) is 9.65. The van der Waals surface area contributed by atoms with Crippen molar-refractivity contribution in [1.29, 1.82) is 0 Å². The van der Waals surface area contributed by atoms with Crippen LogP contribution in [0.1, 0.15) is 31.9 Å². The van der Waals surface area contributed by atoms with Crippen LogP contribution in [0.15, 0.2) is 58.2 Å². The number of likely N-dealkylation sites (tertiary alicyclic amines) is 1. The molecule has 1 saturated heterocycles. The Morgan fingerprint density at radius 1 is 1.19 bits per heavy atom. The lowest BCUT2D eigenvalue weighted by Gasteiger charge is -2.29. The highest BCUT2D eigenvalue weighted by Crippen LogP contribution is 2.28. The van der Waals surface area contributed by atoms with Crippen LogP contribution >= 0.6 is 0 Å². The van der Waals surface area contributed by atoms with E-state index in [1.165, 1.54) is 11.1 Å². The number of fused-ring (bicyclic) bond motifs is 1. The third kappa shape index (κ3) is 3.74. The monoisotopic (exact) mass is 361 g/mol. The number of benzene rings is 1. The molecule has 4 rings (SSSR count). The van der Waals surface area contributed by atoms with Gasteiger partial charge in [0, 0.05) is 40.7 Å². The van der Waals surface area contributed by atoms with Crippen LogP contribution in [0.25, 0.3) is 16.6 Å². The lowest BCUT2D eigenvalue weighted by molar-refractivity contribution is 0.251. The van der Waals surface area contributed by atoms with E-state index in [-0.39, 0.29) is 0 Å². The Morgan fingerprint density at radius 3 is 2.74 bits per heavy atom. The van der Waals surface area contributed by atoms with Gasteiger partial charge in [0.25, 0.3) is 0 Å². The molecule has 0 radical (unpaired) electrons. The van der Waals surface area contributed by atoms with Crippen LogP contribution in [0.4, 0.5) is 0 Å². The fourth-order valence-electron chi connectivity index (χ4n) is 3.86. The molecule has 3 N–H and O–H groups in total. The Morgan fingerprint density at radius 2 is 1.96 bits per heavy atom. The van der Waals surface area contributed by atoms with Gasteiger partial charge in [0.1, 0.15) is 5.84 Å². The van der Waals surface area contributed by atoms with E-state index in [0.29, 0.717) is 11.8 Å². The molecular formula is C22H27N5. The van der Waals surface area contributed by atoms with E-state index in [1.54, 1.807) is 0 Å². The van der Waals surface area contributed by atoms with Gasteiger partial charge in [0.2, 0.25) is 0 Å². The van der Waals surface area contributed by atoms with Crippen molar-refractivity contribution in [3.63, 3.8) is 0 Å². The number of nitrogens with two attached hydrogens (primary N) is 1. The summed E-state index contributed by atoms with van der Waals surface area (Å²) >= 11 is 0. The van der Waals surface area contributed by atoms with Gasteiger partial charge in [-0.15, -0.1) is 0 Å². The highest BCUT2D eigenvalue weighted by molar-refractivity contribution is 6.06. The normalized spacial score (nSPS) is 26.0. The van der Waals surface area contributed by atoms with Crippen LogP contribution in [0.2, 0.25) is 0 Å². The predicted molar refractivity (Wildman–Crippen MR) is 114 cm³/mol. The van der Waals surface area contributed by atoms with Crippen molar-refractivity contribution in [2.75, 3.05) is 20.1 Å². The second-order valence-electron chi connectivity index (χ2n) is 7.53. The van der Waals surface area contributed by atoms with Crippen molar-refractivity contribution in [2.24, 2.45) is 21.6 Å². The number of amidine groups is 1. The summed E-state index contributed by atoms with van der Waals surface area (Å²) in [4.78, 5) is 15.5. The van der Waals surface area contributed by atoms with Gasteiger partial charge >= 0.3 is 0 Å². The molecule has 27 heavy (non-hydrogen) atoms. The molecule has 2 aliphatic heterocycles. The van der Waals surface area contributed by atoms with E-state index < -0.39 is 0 Å². The van der Waals surface area contributed by atoms with E-state index >= 15 is 0 Å². The molecule has 1 fully saturated rings. The number of hydrogen-bond acceptors (Lipinski definition) is 4. The molecule has 3 heterocycles. The van der Waals surface area contributed by atoms with Gasteiger partial charge in [0.05, 0.1) is 11.4 Å². The third-order valence-electron chi connectivity index (χ3n) is 5.62. The van der Waals surface area contributed by atoms with E-state index in [1.807, 2.05) is 19.2 Å². The van der Waals surface area contributed by atoms with Gasteiger partial charge in [-0.05, 0) is 52.0 Å². The lowest BCUT2D eigenvalue weighted by atomic mass is 9.90. The molecule has 5 nitrogen and oxygen atoms in total. The number of H-pyrrole nitrogens is 1. The Bertz CT molecular complexity index is 919. The molecule has 0 amide bonds. The summed E-state index contributed by atoms with van der Waals surface area (Å²) < 4.78 is 0. The summed E-state index contributed by atoms with van der Waals surface area (Å²) in [7, 11) is 2.19. The molecule has 0 saturated carbocycles. The smallest absolute Gasteiger partial charge is 0.128 e. The maximum Gasteiger partial charge on any atom is 0.128 e. The van der Waals surface area contributed by atoms with Crippen LogP contribution in [0.3, 0.4) is 0 Å². The first-order chi connectivity index (χ1) is 13.1. The molecule has 2 aromatic rings. The minimum Gasteiger partial charge on any atom is -0.383 e. The molecule has 0 atom stereocenters. The zero-order valence-electron chi connectivity index (χ0n) is 16.1. The van der Waals surface area contributed by atoms with Crippen molar-refractivity contribution < 1.29 is 0 Å². The minimum absolute atomic E-state index is 0.511. The predicted octanol–water partition coefficient (Wildman–Crippen LogP) is 3.96. The number of piperidine rings is 1. The van der Waals surface area contributed by atoms with Gasteiger partial charge in [-0.1, -0.05) is 24.3 Å². The number of rotatable bonds is 2. The van der Waals surface area contributed by atoms with E-state index in [9.17, 15) is 0 Å². The summed E-state index contributed by atoms with van der Waals surface area (Å²) in [5.41, 5.74) is 11.4. The van der Waals surface area contributed by atoms with Crippen molar-refractivity contribution in [3.05, 3.63) is 53.9 Å². The second-order valence-corrected chi connectivity index (χ2v) is 7.53. The quantitative estimate of drug-likeness (QED) is 0.850. The van der Waals surface area contributed by atoms with Crippen molar-refractivity contribution in [3.8, 4) is 0 Å². The number of para-hydroxylation sites is 1. The van der Waals surface area contributed by atoms with Crippen LogP contribution in [0.5, 0.6) is 0 Å². The zero-order chi connectivity index (χ0) is 18.8. The summed E-state index contributed by atoms with van der Waals surface area (Å²) in [6.45, 7) is 4.25. The van der Waals surface area contributed by atoms with E-state index in [2.05, 4.69) is 52.3 Å². The molecule has 1 aromatic heterocycles. The zero-order valence-corrected chi connectivity index (χ0v) is 16.1. The first-order valence-corrected chi connectivity index (χ1v) is 9.65. The van der Waals surface area contributed by atoms with Gasteiger partial charge in [-0.2, -0.15) is 0 Å². The van der Waals surface area contributed by atoms with Crippen LogP contribution in [-0.4, -0.2) is 41.6 Å². The molecule has 0 spiro atoms. The highest BCUT2D eigenvalue weighted by Gasteiger charge is 2.23. The number of allylic oxidation sites excluding steroid dienone is 1. The van der Waals surface area contributed by atoms with Crippen molar-refractivity contribution in [2.45, 2.75) is 26.2 Å². The Kier molecular flexibility index (Phi) is 4.94. The minimum atomic E-state index is 0.511. The number of aliphatic imine (C=N–C) groups is 2. The molecule has 5 heteroatoms. The van der Waals surface area contributed by atoms with Crippen LogP contribution in [0, 0.1) is 5.92 Å². The van der Waals surface area contributed by atoms with E-state index in [0.717, 1.165) is 54.8 Å². The first kappa shape index (κ1) is 17.7. The number of hydrogen-bond donors (Lipinski definition) is 2. The standard InChI is InChI=1S/C22H27N5/c1-15-21(20-14-17-6-3-4-7-19(17)25-20)26-18(8-5-11-24-22(15)23)16-9-12-27(2)13-10-16/h3-7,11,14,16,25H,8-10,12-13H2,1-2H3,(H2,23,24)/b11-5-,21-15+,26-18?. The fourth-order valence-corrected chi connectivity index (χ4v) is 3.86. The molecule has 0 aliphatic carbocycles. The Hall–Kier alpha value is -2.66. The van der Waals surface area contributed by atoms with Crippen molar-refractivity contribution in [1.82, 2.24) is 9.88 Å². The lowest BCUT2D eigenvalue weighted by Crippen LogP contribution is -2.33. The Balaban J connectivity index is 1.80. The summed E-state index contributed by atoms with van der Waals surface area (Å²) in [6.07, 6.45) is 7.02. The molecule has 0 unspecified atom stereocenters. The SMILES string of the molecule is CC1=C(\c2cc3ccccc3[nH]2)N=C(C2CCN(C)CC2)C\C=C/N=C/1N. The van der Waals surface area contributed by atoms with Crippen molar-refractivity contribution >= 4 is 28.1 Å². The maximum atomic E-state index is 6.23.